The van der Waals surface area contributed by atoms with Crippen molar-refractivity contribution < 1.29 is 4.79 Å². The van der Waals surface area contributed by atoms with Crippen molar-refractivity contribution in [2.45, 2.75) is 12.8 Å². The van der Waals surface area contributed by atoms with Crippen molar-refractivity contribution in [2.24, 2.45) is 5.92 Å². The van der Waals surface area contributed by atoms with Gasteiger partial charge in [-0.2, -0.15) is 0 Å². The summed E-state index contributed by atoms with van der Waals surface area (Å²) in [5.41, 5.74) is 2.06. The summed E-state index contributed by atoms with van der Waals surface area (Å²) < 4.78 is 0. The van der Waals surface area contributed by atoms with Gasteiger partial charge >= 0.3 is 0 Å². The lowest BCUT2D eigenvalue weighted by atomic mass is 9.98. The molecule has 0 bridgehead atoms. The summed E-state index contributed by atoms with van der Waals surface area (Å²) in [6, 6.07) is 9.93. The van der Waals surface area contributed by atoms with Crippen molar-refractivity contribution in [1.82, 2.24) is 25.5 Å². The Bertz CT molecular complexity index is 778. The zero-order valence-corrected chi connectivity index (χ0v) is 19.3. The van der Waals surface area contributed by atoms with Gasteiger partial charge in [-0.1, -0.05) is 12.1 Å². The van der Waals surface area contributed by atoms with Gasteiger partial charge < -0.3 is 15.5 Å². The van der Waals surface area contributed by atoms with Crippen LogP contribution in [0.15, 0.2) is 42.7 Å². The highest BCUT2D eigenvalue weighted by atomic mass is 35.5. The predicted molar refractivity (Wildman–Crippen MR) is 129 cm³/mol. The van der Waals surface area contributed by atoms with Gasteiger partial charge in [0.1, 0.15) is 0 Å². The third-order valence-electron chi connectivity index (χ3n) is 5.82. The monoisotopic (exact) mass is 466 g/mol. The molecule has 170 valence electrons. The van der Waals surface area contributed by atoms with Crippen molar-refractivity contribution >= 4 is 36.7 Å². The Labute approximate surface area is 196 Å². The first-order chi connectivity index (χ1) is 14.3. The molecular formula is C22H32Cl2N6O. The van der Waals surface area contributed by atoms with E-state index >= 15 is 0 Å². The van der Waals surface area contributed by atoms with Crippen LogP contribution in [0, 0.1) is 5.92 Å². The van der Waals surface area contributed by atoms with Crippen LogP contribution in [0.25, 0.3) is 0 Å². The van der Waals surface area contributed by atoms with E-state index in [2.05, 4.69) is 42.5 Å². The third kappa shape index (κ3) is 7.31. The normalized spacial score (nSPS) is 18.7. The number of halogens is 2. The van der Waals surface area contributed by atoms with Crippen molar-refractivity contribution in [2.75, 3.05) is 57.3 Å². The van der Waals surface area contributed by atoms with E-state index in [1.165, 1.54) is 12.0 Å². The molecule has 0 radical (unpaired) electrons. The number of hydrogen-bond acceptors (Lipinski definition) is 6. The number of piperazine rings is 1. The molecule has 1 aromatic carbocycles. The number of benzene rings is 1. The van der Waals surface area contributed by atoms with Crippen molar-refractivity contribution in [3.05, 3.63) is 53.9 Å². The van der Waals surface area contributed by atoms with Crippen LogP contribution >= 0.6 is 24.8 Å². The number of carbonyl (C=O) groups is 1. The zero-order valence-electron chi connectivity index (χ0n) is 17.7. The van der Waals surface area contributed by atoms with Crippen LogP contribution in [-0.2, 0) is 6.42 Å². The van der Waals surface area contributed by atoms with Crippen LogP contribution in [0.3, 0.4) is 0 Å². The van der Waals surface area contributed by atoms with Crippen LogP contribution in [0.4, 0.5) is 5.95 Å². The molecule has 9 heteroatoms. The Morgan fingerprint density at radius 2 is 1.77 bits per heavy atom. The summed E-state index contributed by atoms with van der Waals surface area (Å²) in [5, 5.41) is 6.46. The van der Waals surface area contributed by atoms with Gasteiger partial charge in [0.05, 0.1) is 0 Å². The molecule has 1 unspecified atom stereocenters. The standard InChI is InChI=1S/C22H30N6O.2ClH/c29-21(20-4-2-18(3-5-20)16-19-6-9-23-17-19)24-10-11-27-12-14-28(15-13-27)22-25-7-1-8-26-22;;/h1-5,7-8,19,23H,6,9-17H2,(H,24,29);2*1H. The first-order valence-corrected chi connectivity index (χ1v) is 10.6. The van der Waals surface area contributed by atoms with Gasteiger partial charge in [0, 0.05) is 57.2 Å². The zero-order chi connectivity index (χ0) is 19.9. The molecule has 0 saturated carbocycles. The van der Waals surface area contributed by atoms with Crippen molar-refractivity contribution in [3.63, 3.8) is 0 Å². The highest BCUT2D eigenvalue weighted by Crippen LogP contribution is 2.16. The molecule has 2 aliphatic heterocycles. The van der Waals surface area contributed by atoms with E-state index in [9.17, 15) is 4.79 Å². The number of carbonyl (C=O) groups excluding carboxylic acids is 1. The second-order valence-corrected chi connectivity index (χ2v) is 7.89. The minimum atomic E-state index is 0. The molecule has 2 aliphatic rings. The lowest BCUT2D eigenvalue weighted by molar-refractivity contribution is 0.0947. The summed E-state index contributed by atoms with van der Waals surface area (Å²) in [7, 11) is 0. The second-order valence-electron chi connectivity index (χ2n) is 7.89. The molecule has 1 amide bonds. The molecule has 1 atom stereocenters. The number of rotatable bonds is 7. The fraction of sp³-hybridized carbons (Fsp3) is 0.500. The summed E-state index contributed by atoms with van der Waals surface area (Å²) >= 11 is 0. The average molecular weight is 467 g/mol. The molecule has 0 spiro atoms. The van der Waals surface area contributed by atoms with Crippen molar-refractivity contribution in [3.8, 4) is 0 Å². The van der Waals surface area contributed by atoms with Crippen LogP contribution in [0.5, 0.6) is 0 Å². The van der Waals surface area contributed by atoms with E-state index in [4.69, 9.17) is 0 Å². The van der Waals surface area contributed by atoms with Gasteiger partial charge in [-0.25, -0.2) is 9.97 Å². The lowest BCUT2D eigenvalue weighted by Gasteiger charge is -2.34. The summed E-state index contributed by atoms with van der Waals surface area (Å²) in [5.74, 6) is 1.53. The number of amides is 1. The maximum absolute atomic E-state index is 12.4. The Kier molecular flexibility index (Phi) is 10.5. The molecule has 2 aromatic rings. The van der Waals surface area contributed by atoms with E-state index in [1.807, 2.05) is 18.2 Å². The molecule has 2 N–H and O–H groups in total. The number of aromatic nitrogens is 2. The SMILES string of the molecule is Cl.Cl.O=C(NCCN1CCN(c2ncccn2)CC1)c1ccc(CC2CCNC2)cc1. The number of nitrogens with zero attached hydrogens (tertiary/aromatic N) is 4. The van der Waals surface area contributed by atoms with E-state index in [1.54, 1.807) is 12.4 Å². The van der Waals surface area contributed by atoms with Gasteiger partial charge in [0.25, 0.3) is 5.91 Å². The van der Waals surface area contributed by atoms with Crippen LogP contribution in [0.1, 0.15) is 22.3 Å². The van der Waals surface area contributed by atoms with E-state index in [0.29, 0.717) is 6.54 Å². The fourth-order valence-electron chi connectivity index (χ4n) is 4.07. The van der Waals surface area contributed by atoms with E-state index in [-0.39, 0.29) is 30.7 Å². The van der Waals surface area contributed by atoms with Crippen LogP contribution < -0.4 is 15.5 Å². The number of anilines is 1. The third-order valence-corrected chi connectivity index (χ3v) is 5.82. The molecule has 2 fully saturated rings. The molecule has 31 heavy (non-hydrogen) atoms. The topological polar surface area (TPSA) is 73.4 Å². The quantitative estimate of drug-likeness (QED) is 0.650. The maximum atomic E-state index is 12.4. The van der Waals surface area contributed by atoms with E-state index in [0.717, 1.165) is 69.7 Å². The van der Waals surface area contributed by atoms with Crippen LogP contribution in [-0.4, -0.2) is 73.1 Å². The van der Waals surface area contributed by atoms with Crippen molar-refractivity contribution in [1.29, 1.82) is 0 Å². The summed E-state index contributed by atoms with van der Waals surface area (Å²) in [6.07, 6.45) is 5.90. The van der Waals surface area contributed by atoms with Gasteiger partial charge in [0.15, 0.2) is 0 Å². The highest BCUT2D eigenvalue weighted by molar-refractivity contribution is 5.94. The molecule has 1 aromatic heterocycles. The first-order valence-electron chi connectivity index (χ1n) is 10.6. The Hall–Kier alpha value is -1.93. The average Bonchev–Trinajstić information content (AvgIpc) is 3.28. The number of nitrogens with one attached hydrogen (secondary N) is 2. The van der Waals surface area contributed by atoms with Gasteiger partial charge in [-0.05, 0) is 55.6 Å². The largest absolute Gasteiger partial charge is 0.351 e. The smallest absolute Gasteiger partial charge is 0.251 e. The van der Waals surface area contributed by atoms with Gasteiger partial charge in [-0.15, -0.1) is 24.8 Å². The fourth-order valence-corrected chi connectivity index (χ4v) is 4.07. The predicted octanol–water partition coefficient (Wildman–Crippen LogP) is 2.02. The molecule has 4 rings (SSSR count). The van der Waals surface area contributed by atoms with E-state index < -0.39 is 0 Å². The highest BCUT2D eigenvalue weighted by Gasteiger charge is 2.19. The second kappa shape index (κ2) is 12.8. The Balaban J connectivity index is 0.00000171. The first kappa shape index (κ1) is 25.3. The molecule has 3 heterocycles. The van der Waals surface area contributed by atoms with Gasteiger partial charge in [-0.3, -0.25) is 9.69 Å². The van der Waals surface area contributed by atoms with Gasteiger partial charge in [0.2, 0.25) is 5.95 Å². The summed E-state index contributed by atoms with van der Waals surface area (Å²) in [4.78, 5) is 25.6. The summed E-state index contributed by atoms with van der Waals surface area (Å²) in [6.45, 7) is 7.50. The molecule has 7 nitrogen and oxygen atoms in total. The van der Waals surface area contributed by atoms with Crippen LogP contribution in [0.2, 0.25) is 0 Å². The lowest BCUT2D eigenvalue weighted by Crippen LogP contribution is -2.49. The number of hydrogen-bond donors (Lipinski definition) is 2. The Morgan fingerprint density at radius 1 is 1.06 bits per heavy atom. The molecular weight excluding hydrogens is 435 g/mol. The molecule has 2 saturated heterocycles. The minimum absolute atomic E-state index is 0. The Morgan fingerprint density at radius 3 is 2.42 bits per heavy atom. The maximum Gasteiger partial charge on any atom is 0.251 e. The minimum Gasteiger partial charge on any atom is -0.351 e. The molecule has 0 aliphatic carbocycles.